The van der Waals surface area contributed by atoms with Crippen molar-refractivity contribution in [1.29, 1.82) is 0 Å². The highest BCUT2D eigenvalue weighted by Crippen LogP contribution is 2.37. The van der Waals surface area contributed by atoms with Gasteiger partial charge in [-0.3, -0.25) is 19.3 Å². The molecule has 7 nitrogen and oxygen atoms in total. The Morgan fingerprint density at radius 3 is 2.71 bits per heavy atom. The Morgan fingerprint density at radius 1 is 1.19 bits per heavy atom. The Hall–Kier alpha value is -3.52. The number of anilines is 2. The van der Waals surface area contributed by atoms with Crippen LogP contribution in [0.25, 0.3) is 11.3 Å². The molecule has 2 heterocycles. The summed E-state index contributed by atoms with van der Waals surface area (Å²) in [6.07, 6.45) is 0. The van der Waals surface area contributed by atoms with E-state index in [1.165, 1.54) is 11.8 Å². The van der Waals surface area contributed by atoms with Gasteiger partial charge in [-0.15, -0.1) is 11.3 Å². The number of nitrogens with zero attached hydrogens (tertiary/aromatic N) is 2. The molecule has 2 amide bonds. The molecule has 3 aromatic rings. The van der Waals surface area contributed by atoms with Gasteiger partial charge in [0.15, 0.2) is 12.4 Å². The summed E-state index contributed by atoms with van der Waals surface area (Å²) in [7, 11) is 0. The van der Waals surface area contributed by atoms with Crippen LogP contribution in [-0.2, 0) is 9.59 Å². The molecule has 158 valence electrons. The molecule has 0 radical (unpaired) electrons. The molecule has 0 saturated carbocycles. The molecule has 2 aromatic carbocycles. The van der Waals surface area contributed by atoms with Crippen LogP contribution in [-0.4, -0.2) is 35.7 Å². The number of aryl methyl sites for hydroxylation is 2. The number of fused-ring (bicyclic) bond motifs is 1. The minimum Gasteiger partial charge on any atom is -0.482 e. The van der Waals surface area contributed by atoms with Gasteiger partial charge in [0.05, 0.1) is 16.4 Å². The predicted molar refractivity (Wildman–Crippen MR) is 120 cm³/mol. The number of hydrogen-bond acceptors (Lipinski definition) is 6. The average Bonchev–Trinajstić information content (AvgIpc) is 3.08. The fourth-order valence-corrected chi connectivity index (χ4v) is 4.32. The minimum absolute atomic E-state index is 0.0894. The van der Waals surface area contributed by atoms with Crippen molar-refractivity contribution in [3.05, 3.63) is 57.9 Å². The summed E-state index contributed by atoms with van der Waals surface area (Å²) in [6.45, 7) is 5.12. The maximum atomic E-state index is 12.7. The third-order valence-electron chi connectivity index (χ3n) is 4.93. The van der Waals surface area contributed by atoms with Gasteiger partial charge in [0.1, 0.15) is 12.3 Å². The minimum atomic E-state index is -0.368. The summed E-state index contributed by atoms with van der Waals surface area (Å²) >= 11 is 1.61. The van der Waals surface area contributed by atoms with Gasteiger partial charge >= 0.3 is 0 Å². The van der Waals surface area contributed by atoms with Gasteiger partial charge in [0.25, 0.3) is 5.91 Å². The first kappa shape index (κ1) is 20.7. The molecule has 8 heteroatoms. The molecule has 0 bridgehead atoms. The van der Waals surface area contributed by atoms with E-state index >= 15 is 0 Å². The van der Waals surface area contributed by atoms with Gasteiger partial charge in [-0.1, -0.05) is 12.1 Å². The number of carbonyl (C=O) groups excluding carboxylic acids is 3. The number of ketones is 1. The first-order valence-electron chi connectivity index (χ1n) is 9.74. The lowest BCUT2D eigenvalue weighted by Gasteiger charge is -2.29. The normalized spacial score (nSPS) is 12.9. The van der Waals surface area contributed by atoms with Crippen molar-refractivity contribution >= 4 is 40.3 Å². The Bertz CT molecular complexity index is 1200. The molecule has 1 aromatic heterocycles. The number of nitrogens with one attached hydrogen (secondary N) is 1. The smallest absolute Gasteiger partial charge is 0.265 e. The van der Waals surface area contributed by atoms with E-state index in [1.54, 1.807) is 41.7 Å². The second kappa shape index (κ2) is 8.31. The number of aromatic nitrogens is 1. The van der Waals surface area contributed by atoms with Crippen LogP contribution < -0.4 is 15.0 Å². The summed E-state index contributed by atoms with van der Waals surface area (Å²) < 4.78 is 5.56. The Labute approximate surface area is 183 Å². The number of ether oxygens (including phenoxy) is 1. The van der Waals surface area contributed by atoms with E-state index in [4.69, 9.17) is 4.74 Å². The number of benzene rings is 2. The number of Topliss-reactive ketones (excluding diaryl/α,β-unsaturated/α-hetero) is 1. The first-order chi connectivity index (χ1) is 14.8. The summed E-state index contributed by atoms with van der Waals surface area (Å²) in [4.78, 5) is 43.9. The number of hydrogen-bond donors (Lipinski definition) is 1. The van der Waals surface area contributed by atoms with Crippen LogP contribution in [0.15, 0.2) is 42.5 Å². The van der Waals surface area contributed by atoms with Gasteiger partial charge in [-0.05, 0) is 51.1 Å². The van der Waals surface area contributed by atoms with Crippen LogP contribution in [0.3, 0.4) is 0 Å². The zero-order valence-electron chi connectivity index (χ0n) is 17.4. The molecule has 31 heavy (non-hydrogen) atoms. The van der Waals surface area contributed by atoms with Gasteiger partial charge < -0.3 is 10.1 Å². The van der Waals surface area contributed by atoms with Gasteiger partial charge in [0, 0.05) is 21.7 Å². The number of rotatable bonds is 5. The van der Waals surface area contributed by atoms with Crippen molar-refractivity contribution in [1.82, 2.24) is 4.98 Å². The van der Waals surface area contributed by atoms with Crippen LogP contribution in [0.2, 0.25) is 0 Å². The molecule has 0 unspecified atom stereocenters. The van der Waals surface area contributed by atoms with E-state index in [1.807, 2.05) is 26.0 Å². The number of amides is 2. The zero-order valence-corrected chi connectivity index (χ0v) is 18.2. The van der Waals surface area contributed by atoms with E-state index in [2.05, 4.69) is 10.3 Å². The average molecular weight is 436 g/mol. The highest BCUT2D eigenvalue weighted by molar-refractivity contribution is 7.11. The lowest BCUT2D eigenvalue weighted by atomic mass is 10.1. The molecule has 0 atom stereocenters. The topological polar surface area (TPSA) is 88.6 Å². The summed E-state index contributed by atoms with van der Waals surface area (Å²) in [6, 6.07) is 12.2. The molecule has 1 N–H and O–H groups in total. The van der Waals surface area contributed by atoms with E-state index in [-0.39, 0.29) is 30.7 Å². The summed E-state index contributed by atoms with van der Waals surface area (Å²) in [5.74, 6) is -0.218. The Kier molecular flexibility index (Phi) is 5.56. The van der Waals surface area contributed by atoms with Crippen molar-refractivity contribution in [3.63, 3.8) is 0 Å². The SMILES string of the molecule is CC(=O)c1cccc(NC(=O)CN2C(=O)COc3ccc(-c4nc(C)sc4C)cc32)c1. The van der Waals surface area contributed by atoms with Crippen LogP contribution in [0.1, 0.15) is 27.2 Å². The summed E-state index contributed by atoms with van der Waals surface area (Å²) in [5, 5.41) is 3.72. The first-order valence-corrected chi connectivity index (χ1v) is 10.6. The van der Waals surface area contributed by atoms with E-state index < -0.39 is 0 Å². The van der Waals surface area contributed by atoms with E-state index in [0.717, 1.165) is 21.1 Å². The molecule has 0 fully saturated rings. The van der Waals surface area contributed by atoms with Gasteiger partial charge in [0.2, 0.25) is 5.91 Å². The highest BCUT2D eigenvalue weighted by Gasteiger charge is 2.28. The molecule has 4 rings (SSSR count). The maximum absolute atomic E-state index is 12.7. The van der Waals surface area contributed by atoms with Crippen LogP contribution in [0.4, 0.5) is 11.4 Å². The predicted octanol–water partition coefficient (Wildman–Crippen LogP) is 3.99. The van der Waals surface area contributed by atoms with Crippen LogP contribution in [0.5, 0.6) is 5.75 Å². The van der Waals surface area contributed by atoms with Crippen molar-refractivity contribution in [3.8, 4) is 17.0 Å². The third kappa shape index (κ3) is 4.34. The van der Waals surface area contributed by atoms with E-state index in [0.29, 0.717) is 22.7 Å². The molecule has 1 aliphatic rings. The second-order valence-electron chi connectivity index (χ2n) is 7.27. The van der Waals surface area contributed by atoms with Crippen molar-refractivity contribution < 1.29 is 19.1 Å². The fourth-order valence-electron chi connectivity index (χ4n) is 3.48. The quantitative estimate of drug-likeness (QED) is 0.612. The standard InChI is InChI=1S/C23H21N3O4S/c1-13(27)16-5-4-6-18(9-16)25-21(28)11-26-19-10-17(23-14(2)31-15(3)24-23)7-8-20(19)30-12-22(26)29/h4-10H,11-12H2,1-3H3,(H,25,28). The molecular formula is C23H21N3O4S. The molecule has 0 spiro atoms. The fraction of sp³-hybridized carbons (Fsp3) is 0.217. The van der Waals surface area contributed by atoms with Crippen molar-refractivity contribution in [2.24, 2.45) is 0 Å². The molecule has 1 aliphatic heterocycles. The Balaban J connectivity index is 1.59. The summed E-state index contributed by atoms with van der Waals surface area (Å²) in [5.41, 5.74) is 3.25. The van der Waals surface area contributed by atoms with Crippen molar-refractivity contribution in [2.75, 3.05) is 23.4 Å². The lowest BCUT2D eigenvalue weighted by Crippen LogP contribution is -2.43. The largest absolute Gasteiger partial charge is 0.482 e. The Morgan fingerprint density at radius 2 is 2.00 bits per heavy atom. The van der Waals surface area contributed by atoms with Crippen LogP contribution >= 0.6 is 11.3 Å². The van der Waals surface area contributed by atoms with E-state index in [9.17, 15) is 14.4 Å². The monoisotopic (exact) mass is 435 g/mol. The number of thiazole rings is 1. The lowest BCUT2D eigenvalue weighted by molar-refractivity contribution is -0.123. The number of carbonyl (C=O) groups is 3. The van der Waals surface area contributed by atoms with Gasteiger partial charge in [-0.2, -0.15) is 0 Å². The second-order valence-corrected chi connectivity index (χ2v) is 8.68. The molecular weight excluding hydrogens is 414 g/mol. The van der Waals surface area contributed by atoms with Crippen LogP contribution in [0, 0.1) is 13.8 Å². The van der Waals surface area contributed by atoms with Gasteiger partial charge in [-0.25, -0.2) is 4.98 Å². The van der Waals surface area contributed by atoms with Crippen molar-refractivity contribution in [2.45, 2.75) is 20.8 Å². The third-order valence-corrected chi connectivity index (χ3v) is 5.82. The maximum Gasteiger partial charge on any atom is 0.265 e. The highest BCUT2D eigenvalue weighted by atomic mass is 32.1. The molecule has 0 aliphatic carbocycles. The molecule has 0 saturated heterocycles. The zero-order chi connectivity index (χ0) is 22.1.